The van der Waals surface area contributed by atoms with Crippen LogP contribution >= 0.6 is 11.3 Å². The van der Waals surface area contributed by atoms with Crippen LogP contribution in [0.5, 0.6) is 0 Å². The molecule has 0 radical (unpaired) electrons. The largest absolute Gasteiger partial charge is 0.302 e. The Labute approximate surface area is 82.2 Å². The first-order chi connectivity index (χ1) is 6.22. The van der Waals surface area contributed by atoms with Gasteiger partial charge in [0.1, 0.15) is 0 Å². The van der Waals surface area contributed by atoms with Gasteiger partial charge in [-0.3, -0.25) is 4.79 Å². The summed E-state index contributed by atoms with van der Waals surface area (Å²) >= 11 is 1.65. The number of fused-ring (bicyclic) bond motifs is 1. The van der Waals surface area contributed by atoms with Crippen molar-refractivity contribution >= 4 is 17.6 Å². The van der Waals surface area contributed by atoms with E-state index in [1.165, 1.54) is 16.9 Å². The van der Waals surface area contributed by atoms with E-state index in [1.807, 2.05) is 6.07 Å². The number of rotatable bonds is 2. The van der Waals surface area contributed by atoms with Crippen LogP contribution in [-0.4, -0.2) is 25.3 Å². The van der Waals surface area contributed by atoms with Crippen molar-refractivity contribution in [2.75, 3.05) is 14.1 Å². The first-order valence-electron chi connectivity index (χ1n) is 4.46. The standard InChI is InChI=1S/C10H13NOS/c1-11(2)9-3-4-10-8(9)5-7(6-12)13-10/h5-6,9H,3-4H2,1-2H3. The lowest BCUT2D eigenvalue weighted by atomic mass is 10.1. The number of aldehydes is 1. The number of aryl methyl sites for hydroxylation is 1. The van der Waals surface area contributed by atoms with Crippen molar-refractivity contribution < 1.29 is 4.79 Å². The van der Waals surface area contributed by atoms with Crippen molar-refractivity contribution in [2.24, 2.45) is 0 Å². The molecule has 0 amide bonds. The van der Waals surface area contributed by atoms with Gasteiger partial charge in [0.15, 0.2) is 6.29 Å². The average molecular weight is 195 g/mol. The zero-order chi connectivity index (χ0) is 9.42. The Kier molecular flexibility index (Phi) is 2.22. The van der Waals surface area contributed by atoms with E-state index in [0.29, 0.717) is 6.04 Å². The first kappa shape index (κ1) is 8.91. The van der Waals surface area contributed by atoms with Crippen LogP contribution in [0.4, 0.5) is 0 Å². The molecule has 0 aromatic carbocycles. The normalized spacial score (nSPS) is 20.7. The van der Waals surface area contributed by atoms with E-state index in [0.717, 1.165) is 17.6 Å². The Morgan fingerprint density at radius 2 is 2.38 bits per heavy atom. The molecule has 1 aromatic heterocycles. The second kappa shape index (κ2) is 3.24. The molecule has 13 heavy (non-hydrogen) atoms. The molecular formula is C10H13NOS. The van der Waals surface area contributed by atoms with Gasteiger partial charge >= 0.3 is 0 Å². The van der Waals surface area contributed by atoms with E-state index < -0.39 is 0 Å². The van der Waals surface area contributed by atoms with E-state index in [4.69, 9.17) is 0 Å². The summed E-state index contributed by atoms with van der Waals surface area (Å²) in [4.78, 5) is 15.1. The summed E-state index contributed by atoms with van der Waals surface area (Å²) in [5.41, 5.74) is 1.37. The molecule has 0 spiro atoms. The number of hydrogen-bond acceptors (Lipinski definition) is 3. The predicted molar refractivity (Wildman–Crippen MR) is 54.5 cm³/mol. The van der Waals surface area contributed by atoms with Gasteiger partial charge in [-0.05, 0) is 38.6 Å². The summed E-state index contributed by atoms with van der Waals surface area (Å²) in [6.07, 6.45) is 3.29. The van der Waals surface area contributed by atoms with Crippen molar-refractivity contribution in [3.05, 3.63) is 21.4 Å². The van der Waals surface area contributed by atoms with E-state index >= 15 is 0 Å². The highest BCUT2D eigenvalue weighted by molar-refractivity contribution is 7.13. The second-order valence-electron chi connectivity index (χ2n) is 3.66. The Bertz CT molecular complexity index is 330. The third-order valence-electron chi connectivity index (χ3n) is 2.60. The van der Waals surface area contributed by atoms with Gasteiger partial charge in [-0.15, -0.1) is 11.3 Å². The van der Waals surface area contributed by atoms with Gasteiger partial charge in [0.25, 0.3) is 0 Å². The maximum absolute atomic E-state index is 10.6. The minimum Gasteiger partial charge on any atom is -0.302 e. The zero-order valence-corrected chi connectivity index (χ0v) is 8.73. The van der Waals surface area contributed by atoms with E-state index in [-0.39, 0.29) is 0 Å². The maximum Gasteiger partial charge on any atom is 0.160 e. The van der Waals surface area contributed by atoms with Crippen LogP contribution in [0, 0.1) is 0 Å². The van der Waals surface area contributed by atoms with Crippen LogP contribution in [0.1, 0.15) is 32.6 Å². The third kappa shape index (κ3) is 1.42. The SMILES string of the molecule is CN(C)C1CCc2sc(C=O)cc21. The summed E-state index contributed by atoms with van der Waals surface area (Å²) in [6.45, 7) is 0. The number of carbonyl (C=O) groups excluding carboxylic acids is 1. The van der Waals surface area contributed by atoms with Crippen LogP contribution in [0.2, 0.25) is 0 Å². The fourth-order valence-corrected chi connectivity index (χ4v) is 3.01. The quantitative estimate of drug-likeness (QED) is 0.674. The molecule has 1 aromatic rings. The van der Waals surface area contributed by atoms with Gasteiger partial charge in [0, 0.05) is 10.9 Å². The Morgan fingerprint density at radius 1 is 1.62 bits per heavy atom. The van der Waals surface area contributed by atoms with Gasteiger partial charge in [-0.25, -0.2) is 0 Å². The summed E-state index contributed by atoms with van der Waals surface area (Å²) in [5.74, 6) is 0. The Hall–Kier alpha value is -0.670. The van der Waals surface area contributed by atoms with Gasteiger partial charge in [0.05, 0.1) is 4.88 Å². The van der Waals surface area contributed by atoms with Crippen molar-refractivity contribution in [1.29, 1.82) is 0 Å². The third-order valence-corrected chi connectivity index (χ3v) is 3.74. The lowest BCUT2D eigenvalue weighted by Gasteiger charge is -2.18. The van der Waals surface area contributed by atoms with E-state index in [9.17, 15) is 4.79 Å². The molecule has 1 heterocycles. The fourth-order valence-electron chi connectivity index (χ4n) is 1.96. The summed E-state index contributed by atoms with van der Waals surface area (Å²) in [6, 6.07) is 2.57. The van der Waals surface area contributed by atoms with Gasteiger partial charge < -0.3 is 4.90 Å². The minimum atomic E-state index is 0.528. The van der Waals surface area contributed by atoms with E-state index in [2.05, 4.69) is 19.0 Å². The Balaban J connectivity index is 2.35. The van der Waals surface area contributed by atoms with Crippen molar-refractivity contribution in [3.63, 3.8) is 0 Å². The van der Waals surface area contributed by atoms with Gasteiger partial charge in [0.2, 0.25) is 0 Å². The molecule has 1 atom stereocenters. The highest BCUT2D eigenvalue weighted by Gasteiger charge is 2.26. The monoisotopic (exact) mass is 195 g/mol. The molecular weight excluding hydrogens is 182 g/mol. The summed E-state index contributed by atoms with van der Waals surface area (Å²) < 4.78 is 0. The average Bonchev–Trinajstić information content (AvgIpc) is 2.59. The molecule has 0 saturated heterocycles. The summed E-state index contributed by atoms with van der Waals surface area (Å²) in [5, 5.41) is 0. The maximum atomic E-state index is 10.6. The molecule has 0 N–H and O–H groups in total. The smallest absolute Gasteiger partial charge is 0.160 e. The molecule has 0 bridgehead atoms. The van der Waals surface area contributed by atoms with Gasteiger partial charge in [-0.2, -0.15) is 0 Å². The van der Waals surface area contributed by atoms with Crippen LogP contribution < -0.4 is 0 Å². The lowest BCUT2D eigenvalue weighted by molar-refractivity contribution is 0.112. The second-order valence-corrected chi connectivity index (χ2v) is 4.83. The number of nitrogens with zero attached hydrogens (tertiary/aromatic N) is 1. The van der Waals surface area contributed by atoms with Gasteiger partial charge in [-0.1, -0.05) is 0 Å². The van der Waals surface area contributed by atoms with E-state index in [1.54, 1.807) is 11.3 Å². The lowest BCUT2D eigenvalue weighted by Crippen LogP contribution is -2.16. The molecule has 1 aliphatic carbocycles. The number of hydrogen-bond donors (Lipinski definition) is 0. The fraction of sp³-hybridized carbons (Fsp3) is 0.500. The van der Waals surface area contributed by atoms with Crippen molar-refractivity contribution in [2.45, 2.75) is 18.9 Å². The zero-order valence-electron chi connectivity index (χ0n) is 7.91. The van der Waals surface area contributed by atoms with Crippen LogP contribution in [0.3, 0.4) is 0 Å². The minimum absolute atomic E-state index is 0.528. The number of carbonyl (C=O) groups is 1. The van der Waals surface area contributed by atoms with Crippen LogP contribution in [0.25, 0.3) is 0 Å². The summed E-state index contributed by atoms with van der Waals surface area (Å²) in [7, 11) is 4.19. The molecule has 0 aliphatic heterocycles. The highest BCUT2D eigenvalue weighted by atomic mass is 32.1. The molecule has 0 fully saturated rings. The first-order valence-corrected chi connectivity index (χ1v) is 5.28. The van der Waals surface area contributed by atoms with Crippen LogP contribution in [0.15, 0.2) is 6.07 Å². The topological polar surface area (TPSA) is 20.3 Å². The highest BCUT2D eigenvalue weighted by Crippen LogP contribution is 2.39. The number of thiophene rings is 1. The van der Waals surface area contributed by atoms with Crippen molar-refractivity contribution in [3.8, 4) is 0 Å². The Morgan fingerprint density at radius 3 is 3.00 bits per heavy atom. The molecule has 70 valence electrons. The molecule has 1 unspecified atom stereocenters. The molecule has 2 rings (SSSR count). The molecule has 3 heteroatoms. The molecule has 1 aliphatic rings. The molecule has 0 saturated carbocycles. The van der Waals surface area contributed by atoms with Crippen LogP contribution in [-0.2, 0) is 6.42 Å². The van der Waals surface area contributed by atoms with Crippen molar-refractivity contribution in [1.82, 2.24) is 4.90 Å². The molecule has 2 nitrogen and oxygen atoms in total. The predicted octanol–water partition coefficient (Wildman–Crippen LogP) is 2.11.